The molecular weight excluding hydrogens is 596 g/mol. The van der Waals surface area contributed by atoms with Gasteiger partial charge in [0.25, 0.3) is 5.91 Å². The molecule has 0 radical (unpaired) electrons. The molecule has 2 aromatic carbocycles. The molecular formula is C30H43NO10P2. The molecule has 1 atom stereocenters. The first-order valence-corrected chi connectivity index (χ1v) is 17.6. The van der Waals surface area contributed by atoms with Crippen LogP contribution in [0.25, 0.3) is 0 Å². The van der Waals surface area contributed by atoms with Crippen molar-refractivity contribution in [2.75, 3.05) is 38.4 Å². The number of ether oxygens (including phenoxy) is 2. The summed E-state index contributed by atoms with van der Waals surface area (Å²) in [5.41, 5.74) is -1.60. The van der Waals surface area contributed by atoms with Crippen molar-refractivity contribution < 1.29 is 46.3 Å². The first-order valence-electron chi connectivity index (χ1n) is 14.4. The fourth-order valence-corrected chi connectivity index (χ4v) is 10.7. The van der Waals surface area contributed by atoms with Crippen molar-refractivity contribution in [1.29, 1.82) is 0 Å². The van der Waals surface area contributed by atoms with E-state index in [4.69, 9.17) is 27.6 Å². The molecule has 0 fully saturated rings. The number of anilines is 1. The van der Waals surface area contributed by atoms with Crippen LogP contribution in [0.4, 0.5) is 10.5 Å². The summed E-state index contributed by atoms with van der Waals surface area (Å²) in [5, 5.41) is -1.55. The Morgan fingerprint density at radius 2 is 1.37 bits per heavy atom. The summed E-state index contributed by atoms with van der Waals surface area (Å²) >= 11 is 0. The quantitative estimate of drug-likeness (QED) is 0.192. The average molecular weight is 640 g/mol. The maximum atomic E-state index is 14.9. The number of methoxy groups -OCH3 is 1. The van der Waals surface area contributed by atoms with Gasteiger partial charge in [-0.1, -0.05) is 30.3 Å². The lowest BCUT2D eigenvalue weighted by atomic mass is 9.73. The highest BCUT2D eigenvalue weighted by atomic mass is 31.2. The van der Waals surface area contributed by atoms with E-state index in [9.17, 15) is 18.7 Å². The average Bonchev–Trinajstić information content (AvgIpc) is 3.19. The molecule has 0 saturated heterocycles. The van der Waals surface area contributed by atoms with Crippen molar-refractivity contribution in [3.05, 3.63) is 59.7 Å². The van der Waals surface area contributed by atoms with E-state index in [2.05, 4.69) is 0 Å². The molecule has 43 heavy (non-hydrogen) atoms. The lowest BCUT2D eigenvalue weighted by Crippen LogP contribution is -2.47. The van der Waals surface area contributed by atoms with Crippen LogP contribution in [-0.2, 0) is 42.2 Å². The lowest BCUT2D eigenvalue weighted by molar-refractivity contribution is -0.121. The van der Waals surface area contributed by atoms with E-state index in [1.807, 2.05) is 0 Å². The van der Waals surface area contributed by atoms with E-state index in [1.54, 1.807) is 97.0 Å². The Morgan fingerprint density at radius 1 is 0.860 bits per heavy atom. The molecule has 3 rings (SSSR count). The molecule has 11 nitrogen and oxygen atoms in total. The number of amides is 2. The minimum atomic E-state index is -4.29. The van der Waals surface area contributed by atoms with E-state index in [0.717, 1.165) is 4.90 Å². The highest BCUT2D eigenvalue weighted by Gasteiger charge is 2.62. The third-order valence-corrected chi connectivity index (χ3v) is 12.8. The fourth-order valence-electron chi connectivity index (χ4n) is 5.21. The predicted octanol–water partition coefficient (Wildman–Crippen LogP) is 7.51. The summed E-state index contributed by atoms with van der Waals surface area (Å²) in [6.07, 6.45) is -1.31. The number of carbonyl (C=O) groups excluding carboxylic acids is 2. The molecule has 0 bridgehead atoms. The highest BCUT2D eigenvalue weighted by molar-refractivity contribution is 7.72. The second-order valence-corrected chi connectivity index (χ2v) is 15.6. The fraction of sp³-hybridized carbons (Fsp3) is 0.533. The van der Waals surface area contributed by atoms with Gasteiger partial charge in [0.15, 0.2) is 5.40 Å². The zero-order valence-corrected chi connectivity index (χ0v) is 27.9. The van der Waals surface area contributed by atoms with Gasteiger partial charge in [-0.2, -0.15) is 0 Å². The summed E-state index contributed by atoms with van der Waals surface area (Å²) in [4.78, 5) is 29.5. The zero-order valence-electron chi connectivity index (χ0n) is 26.2. The maximum absolute atomic E-state index is 14.9. The van der Waals surface area contributed by atoms with Gasteiger partial charge in [-0.3, -0.25) is 13.9 Å². The second kappa shape index (κ2) is 14.1. The number of hydrogen-bond acceptors (Lipinski definition) is 10. The number of hydrogen-bond donors (Lipinski definition) is 0. The van der Waals surface area contributed by atoms with Gasteiger partial charge < -0.3 is 27.6 Å². The molecule has 0 aromatic heterocycles. The number of imide groups is 1. The van der Waals surface area contributed by atoms with Crippen molar-refractivity contribution >= 4 is 32.9 Å². The van der Waals surface area contributed by atoms with Crippen molar-refractivity contribution in [2.45, 2.75) is 71.3 Å². The molecule has 238 valence electrons. The van der Waals surface area contributed by atoms with E-state index in [0.29, 0.717) is 16.9 Å². The van der Waals surface area contributed by atoms with Crippen LogP contribution >= 0.6 is 15.2 Å². The number of benzene rings is 2. The van der Waals surface area contributed by atoms with Gasteiger partial charge in [-0.25, -0.2) is 9.69 Å². The number of fused-ring (bicyclic) bond motifs is 1. The van der Waals surface area contributed by atoms with Gasteiger partial charge in [-0.15, -0.1) is 0 Å². The van der Waals surface area contributed by atoms with Gasteiger partial charge in [-0.05, 0) is 78.6 Å². The standard InChI is InChI=1S/C30H43NO10P2/c1-9-37-42(34,38-10-2)26(43(35,39-11-3)40-12-4)21-30(22-16-14-13-15-17-22)24-20-23(36-8)18-19-25(24)31(27(30)32)28(33)41-29(5,6)7/h13-20,26H,9-12,21H2,1-8H3/t30-/m1/s1. The summed E-state index contributed by atoms with van der Waals surface area (Å²) in [7, 11) is -7.10. The smallest absolute Gasteiger partial charge is 0.421 e. The molecule has 2 aromatic rings. The van der Waals surface area contributed by atoms with Crippen molar-refractivity contribution in [3.63, 3.8) is 0 Å². The topological polar surface area (TPSA) is 127 Å². The maximum Gasteiger partial charge on any atom is 0.421 e. The van der Waals surface area contributed by atoms with E-state index in [1.165, 1.54) is 7.11 Å². The van der Waals surface area contributed by atoms with Crippen LogP contribution in [0.1, 0.15) is 66.0 Å². The minimum Gasteiger partial charge on any atom is -0.497 e. The minimum absolute atomic E-state index is 0.0350. The Bertz CT molecular complexity index is 1330. The van der Waals surface area contributed by atoms with Crippen LogP contribution in [0.3, 0.4) is 0 Å². The molecule has 0 aliphatic carbocycles. The van der Waals surface area contributed by atoms with Crippen molar-refractivity contribution in [1.82, 2.24) is 0 Å². The Kier molecular flexibility index (Phi) is 11.4. The second-order valence-electron chi connectivity index (χ2n) is 10.7. The Hall–Kier alpha value is -2.52. The molecule has 1 aliphatic heterocycles. The van der Waals surface area contributed by atoms with E-state index >= 15 is 0 Å². The molecule has 0 spiro atoms. The normalized spacial score (nSPS) is 17.3. The highest BCUT2D eigenvalue weighted by Crippen LogP contribution is 2.73. The first kappa shape index (κ1) is 35.0. The van der Waals surface area contributed by atoms with Gasteiger partial charge >= 0.3 is 21.3 Å². The lowest BCUT2D eigenvalue weighted by Gasteiger charge is -2.37. The molecule has 2 amide bonds. The van der Waals surface area contributed by atoms with Crippen molar-refractivity contribution in [3.8, 4) is 5.75 Å². The summed E-state index contributed by atoms with van der Waals surface area (Å²) in [6, 6.07) is 13.5. The van der Waals surface area contributed by atoms with Crippen LogP contribution in [0, 0.1) is 0 Å². The van der Waals surface area contributed by atoms with Gasteiger partial charge in [0.05, 0.1) is 39.2 Å². The zero-order chi connectivity index (χ0) is 32.1. The SMILES string of the molecule is CCOP(=O)(OCC)C(C[C@]1(c2ccccc2)C(=O)N(C(=O)OC(C)(C)C)c2ccc(OC)cc21)P(=O)(OCC)OCC. The Morgan fingerprint density at radius 3 is 1.81 bits per heavy atom. The van der Waals surface area contributed by atoms with Crippen LogP contribution in [0.5, 0.6) is 5.75 Å². The van der Waals surface area contributed by atoms with Gasteiger partial charge in [0, 0.05) is 5.56 Å². The molecule has 1 heterocycles. The summed E-state index contributed by atoms with van der Waals surface area (Å²) < 4.78 is 63.3. The van der Waals surface area contributed by atoms with E-state index < -0.39 is 50.0 Å². The van der Waals surface area contributed by atoms with Gasteiger partial charge in [0.1, 0.15) is 16.8 Å². The van der Waals surface area contributed by atoms with Crippen LogP contribution < -0.4 is 9.64 Å². The Balaban J connectivity index is 2.44. The third kappa shape index (κ3) is 7.08. The largest absolute Gasteiger partial charge is 0.497 e. The van der Waals surface area contributed by atoms with Gasteiger partial charge in [0.2, 0.25) is 0 Å². The molecule has 0 N–H and O–H groups in total. The third-order valence-electron chi connectivity index (χ3n) is 6.77. The molecule has 0 saturated carbocycles. The Labute approximate surface area is 254 Å². The number of rotatable bonds is 14. The van der Waals surface area contributed by atoms with Crippen LogP contribution in [-0.4, -0.2) is 56.5 Å². The monoisotopic (exact) mass is 639 g/mol. The number of nitrogens with zero attached hydrogens (tertiary/aromatic N) is 1. The molecule has 13 heteroatoms. The molecule has 0 unspecified atom stereocenters. The van der Waals surface area contributed by atoms with Crippen LogP contribution in [0.2, 0.25) is 0 Å². The predicted molar refractivity (Wildman–Crippen MR) is 164 cm³/mol. The van der Waals surface area contributed by atoms with E-state index in [-0.39, 0.29) is 32.1 Å². The summed E-state index contributed by atoms with van der Waals surface area (Å²) in [6.45, 7) is 11.5. The first-order chi connectivity index (χ1) is 20.3. The van der Waals surface area contributed by atoms with Crippen LogP contribution in [0.15, 0.2) is 48.5 Å². The summed E-state index contributed by atoms with van der Waals surface area (Å²) in [5.74, 6) is -0.287. The van der Waals surface area contributed by atoms with Crippen molar-refractivity contribution in [2.24, 2.45) is 0 Å². The number of carbonyl (C=O) groups is 2. The molecule has 1 aliphatic rings.